The van der Waals surface area contributed by atoms with Crippen molar-refractivity contribution < 1.29 is 22.8 Å². The highest BCUT2D eigenvalue weighted by molar-refractivity contribution is 8.13. The number of pyridine rings is 1. The minimum Gasteiger partial charge on any atom is -0.295 e. The van der Waals surface area contributed by atoms with Gasteiger partial charge in [0.1, 0.15) is 0 Å². The first kappa shape index (κ1) is 17.1. The van der Waals surface area contributed by atoms with E-state index in [0.29, 0.717) is 11.9 Å². The molecule has 0 aromatic carbocycles. The second-order valence-corrected chi connectivity index (χ2v) is 6.51. The van der Waals surface area contributed by atoms with Crippen LogP contribution in [0, 0.1) is 5.92 Å². The third-order valence-electron chi connectivity index (χ3n) is 3.13. The normalized spacial score (nSPS) is 18.9. The third-order valence-corrected chi connectivity index (χ3v) is 4.45. The zero-order chi connectivity index (χ0) is 16.5. The summed E-state index contributed by atoms with van der Waals surface area (Å²) in [5, 5.41) is -0.264. The lowest BCUT2D eigenvalue weighted by atomic mass is 10.1. The number of amides is 1. The SMILES string of the molecule is CC(=O)SCC1CC(=O)N(c2ncc(C(F)(F)F)cc2Cl)C1. The van der Waals surface area contributed by atoms with Crippen LogP contribution in [0.2, 0.25) is 5.02 Å². The van der Waals surface area contributed by atoms with E-state index in [1.54, 1.807) is 0 Å². The summed E-state index contributed by atoms with van der Waals surface area (Å²) < 4.78 is 37.7. The molecule has 120 valence electrons. The van der Waals surface area contributed by atoms with Crippen molar-refractivity contribution in [1.82, 2.24) is 4.98 Å². The number of halogens is 4. The number of thioether (sulfide) groups is 1. The monoisotopic (exact) mass is 352 g/mol. The maximum Gasteiger partial charge on any atom is 0.417 e. The molecule has 22 heavy (non-hydrogen) atoms. The minimum absolute atomic E-state index is 0.0231. The number of hydrogen-bond acceptors (Lipinski definition) is 4. The van der Waals surface area contributed by atoms with Gasteiger partial charge in [0.05, 0.1) is 10.6 Å². The van der Waals surface area contributed by atoms with Crippen LogP contribution in [0.3, 0.4) is 0 Å². The summed E-state index contributed by atoms with van der Waals surface area (Å²) in [6, 6.07) is 0.759. The minimum atomic E-state index is -4.54. The molecule has 0 N–H and O–H groups in total. The first-order valence-corrected chi connectivity index (χ1v) is 7.71. The van der Waals surface area contributed by atoms with Gasteiger partial charge >= 0.3 is 6.18 Å². The van der Waals surface area contributed by atoms with Crippen molar-refractivity contribution >= 4 is 40.2 Å². The molecule has 1 aromatic rings. The van der Waals surface area contributed by atoms with Crippen LogP contribution < -0.4 is 4.90 Å². The van der Waals surface area contributed by atoms with E-state index in [4.69, 9.17) is 11.6 Å². The Hall–Kier alpha value is -1.28. The van der Waals surface area contributed by atoms with E-state index in [1.165, 1.54) is 11.8 Å². The van der Waals surface area contributed by atoms with Crippen molar-refractivity contribution in [1.29, 1.82) is 0 Å². The Morgan fingerprint density at radius 2 is 2.23 bits per heavy atom. The maximum atomic E-state index is 12.6. The van der Waals surface area contributed by atoms with Gasteiger partial charge in [-0.25, -0.2) is 4.98 Å². The quantitative estimate of drug-likeness (QED) is 0.836. The van der Waals surface area contributed by atoms with Crippen LogP contribution in [0.25, 0.3) is 0 Å². The standard InChI is InChI=1S/C13H12ClF3N2O2S/c1-7(20)22-6-8-2-11(21)19(5-8)12-10(14)3-9(4-18-12)13(15,16)17/h3-4,8H,2,5-6H2,1H3. The van der Waals surface area contributed by atoms with Gasteiger partial charge in [-0.05, 0) is 12.0 Å². The fourth-order valence-corrected chi connectivity index (χ4v) is 3.08. The summed E-state index contributed by atoms with van der Waals surface area (Å²) in [4.78, 5) is 27.9. The summed E-state index contributed by atoms with van der Waals surface area (Å²) >= 11 is 6.96. The Kier molecular flexibility index (Phi) is 5.01. The van der Waals surface area contributed by atoms with Gasteiger partial charge < -0.3 is 0 Å². The van der Waals surface area contributed by atoms with Crippen LogP contribution in [0.4, 0.5) is 19.0 Å². The summed E-state index contributed by atoms with van der Waals surface area (Å²) in [7, 11) is 0. The van der Waals surface area contributed by atoms with Crippen LogP contribution in [-0.4, -0.2) is 28.3 Å². The fourth-order valence-electron chi connectivity index (χ4n) is 2.12. The number of carbonyl (C=O) groups excluding carboxylic acids is 2. The number of hydrogen-bond donors (Lipinski definition) is 0. The van der Waals surface area contributed by atoms with Crippen molar-refractivity contribution in [2.24, 2.45) is 5.92 Å². The van der Waals surface area contributed by atoms with Crippen molar-refractivity contribution in [3.05, 3.63) is 22.8 Å². The maximum absolute atomic E-state index is 12.6. The average molecular weight is 353 g/mol. The van der Waals surface area contributed by atoms with Crippen LogP contribution in [0.1, 0.15) is 18.9 Å². The molecule has 1 amide bonds. The van der Waals surface area contributed by atoms with Crippen LogP contribution in [-0.2, 0) is 15.8 Å². The predicted octanol–water partition coefficient (Wildman–Crippen LogP) is 3.39. The summed E-state index contributed by atoms with van der Waals surface area (Å²) in [6.07, 6.45) is -3.66. The van der Waals surface area contributed by atoms with E-state index in [-0.39, 0.29) is 40.7 Å². The van der Waals surface area contributed by atoms with Gasteiger partial charge in [-0.1, -0.05) is 23.4 Å². The van der Waals surface area contributed by atoms with Gasteiger partial charge in [0.2, 0.25) is 5.91 Å². The van der Waals surface area contributed by atoms with E-state index in [9.17, 15) is 22.8 Å². The van der Waals surface area contributed by atoms with Crippen molar-refractivity contribution in [3.8, 4) is 0 Å². The zero-order valence-electron chi connectivity index (χ0n) is 11.5. The largest absolute Gasteiger partial charge is 0.417 e. The molecule has 4 nitrogen and oxygen atoms in total. The molecule has 0 aliphatic carbocycles. The van der Waals surface area contributed by atoms with Crippen molar-refractivity contribution in [3.63, 3.8) is 0 Å². The lowest BCUT2D eigenvalue weighted by molar-refractivity contribution is -0.137. The highest BCUT2D eigenvalue weighted by atomic mass is 35.5. The third kappa shape index (κ3) is 3.92. The smallest absolute Gasteiger partial charge is 0.295 e. The molecule has 0 bridgehead atoms. The Morgan fingerprint density at radius 3 is 2.77 bits per heavy atom. The second kappa shape index (κ2) is 6.45. The first-order valence-electron chi connectivity index (χ1n) is 6.35. The summed E-state index contributed by atoms with van der Waals surface area (Å²) in [5.74, 6) is 0.190. The van der Waals surface area contributed by atoms with E-state index < -0.39 is 11.7 Å². The molecule has 1 aromatic heterocycles. The van der Waals surface area contributed by atoms with E-state index >= 15 is 0 Å². The molecule has 1 aliphatic rings. The molecular formula is C13H12ClF3N2O2S. The lowest BCUT2D eigenvalue weighted by Gasteiger charge is -2.18. The van der Waals surface area contributed by atoms with Crippen LogP contribution in [0.15, 0.2) is 12.3 Å². The molecular weight excluding hydrogens is 341 g/mol. The molecule has 2 rings (SSSR count). The number of nitrogens with zero attached hydrogens (tertiary/aromatic N) is 2. The molecule has 0 saturated carbocycles. The van der Waals surface area contributed by atoms with Gasteiger partial charge in [0.15, 0.2) is 10.9 Å². The van der Waals surface area contributed by atoms with Crippen LogP contribution >= 0.6 is 23.4 Å². The number of alkyl halides is 3. The lowest BCUT2D eigenvalue weighted by Crippen LogP contribution is -2.26. The molecule has 1 fully saturated rings. The molecule has 0 spiro atoms. The zero-order valence-corrected chi connectivity index (χ0v) is 13.1. The summed E-state index contributed by atoms with van der Waals surface area (Å²) in [6.45, 7) is 1.73. The van der Waals surface area contributed by atoms with E-state index in [0.717, 1.165) is 17.8 Å². The van der Waals surface area contributed by atoms with Gasteiger partial charge in [0.25, 0.3) is 0 Å². The van der Waals surface area contributed by atoms with Crippen molar-refractivity contribution in [2.75, 3.05) is 17.2 Å². The van der Waals surface area contributed by atoms with Gasteiger partial charge in [-0.3, -0.25) is 14.5 Å². The highest BCUT2D eigenvalue weighted by Gasteiger charge is 2.35. The number of carbonyl (C=O) groups is 2. The predicted molar refractivity (Wildman–Crippen MR) is 77.8 cm³/mol. The number of aromatic nitrogens is 1. The van der Waals surface area contributed by atoms with E-state index in [1.807, 2.05) is 0 Å². The molecule has 1 saturated heterocycles. The Morgan fingerprint density at radius 1 is 1.55 bits per heavy atom. The highest BCUT2D eigenvalue weighted by Crippen LogP contribution is 2.35. The van der Waals surface area contributed by atoms with Gasteiger partial charge in [-0.15, -0.1) is 0 Å². The number of rotatable bonds is 3. The summed E-state index contributed by atoms with van der Waals surface area (Å²) in [5.41, 5.74) is -0.961. The number of anilines is 1. The van der Waals surface area contributed by atoms with E-state index in [2.05, 4.69) is 4.98 Å². The molecule has 0 radical (unpaired) electrons. The molecule has 1 atom stereocenters. The van der Waals surface area contributed by atoms with Crippen LogP contribution in [0.5, 0.6) is 0 Å². The first-order chi connectivity index (χ1) is 10.2. The molecule has 1 unspecified atom stereocenters. The van der Waals surface area contributed by atoms with Crippen molar-refractivity contribution in [2.45, 2.75) is 19.5 Å². The molecule has 2 heterocycles. The van der Waals surface area contributed by atoms with Gasteiger partial charge in [0, 0.05) is 31.8 Å². The fraction of sp³-hybridized carbons (Fsp3) is 0.462. The van der Waals surface area contributed by atoms with Gasteiger partial charge in [-0.2, -0.15) is 13.2 Å². The molecule has 1 aliphatic heterocycles. The topological polar surface area (TPSA) is 50.3 Å². The Balaban J connectivity index is 2.15. The molecule has 9 heteroatoms. The Bertz CT molecular complexity index is 609. The average Bonchev–Trinajstić information content (AvgIpc) is 2.76. The second-order valence-electron chi connectivity index (χ2n) is 4.90. The Labute approximate surface area is 134 Å².